The number of rotatable bonds is 4. The van der Waals surface area contributed by atoms with Crippen molar-refractivity contribution < 1.29 is 8.42 Å². The van der Waals surface area contributed by atoms with Crippen molar-refractivity contribution in [2.45, 2.75) is 17.7 Å². The molecule has 0 bridgehead atoms. The molecule has 0 aliphatic carbocycles. The van der Waals surface area contributed by atoms with Crippen LogP contribution in [-0.4, -0.2) is 28.1 Å². The summed E-state index contributed by atoms with van der Waals surface area (Å²) in [6, 6.07) is 1.62. The predicted octanol–water partition coefficient (Wildman–Crippen LogP) is 2.55. The van der Waals surface area contributed by atoms with Crippen molar-refractivity contribution in [1.82, 2.24) is 10.0 Å². The van der Waals surface area contributed by atoms with Crippen LogP contribution < -0.4 is 10.0 Å². The van der Waals surface area contributed by atoms with Gasteiger partial charge >= 0.3 is 0 Å². The monoisotopic (exact) mass is 416 g/mol. The Hall–Kier alpha value is 0.530. The molecule has 2 rings (SSSR count). The van der Waals surface area contributed by atoms with Crippen LogP contribution >= 0.6 is 43.2 Å². The zero-order chi connectivity index (χ0) is 13.2. The zero-order valence-electron chi connectivity index (χ0n) is 9.58. The summed E-state index contributed by atoms with van der Waals surface area (Å²) in [6.07, 6.45) is 2.18. The minimum atomic E-state index is -3.41. The fourth-order valence-electron chi connectivity index (χ4n) is 1.91. The van der Waals surface area contributed by atoms with Gasteiger partial charge in [0.25, 0.3) is 0 Å². The molecular formula is C10H14Br2N2O2S2. The largest absolute Gasteiger partial charge is 0.316 e. The summed E-state index contributed by atoms with van der Waals surface area (Å²) in [7, 11) is -3.41. The maximum Gasteiger partial charge on any atom is 0.242 e. The van der Waals surface area contributed by atoms with Crippen LogP contribution in [0.5, 0.6) is 0 Å². The Bertz CT molecular complexity index is 510. The Labute approximate surface area is 128 Å². The highest BCUT2D eigenvalue weighted by molar-refractivity contribution is 9.12. The van der Waals surface area contributed by atoms with E-state index in [2.05, 4.69) is 41.9 Å². The third-order valence-corrected chi connectivity index (χ3v) is 7.05. The highest BCUT2D eigenvalue weighted by Crippen LogP contribution is 2.34. The van der Waals surface area contributed by atoms with Gasteiger partial charge in [0.1, 0.15) is 4.90 Å². The van der Waals surface area contributed by atoms with Crippen molar-refractivity contribution in [3.8, 4) is 0 Å². The third-order valence-electron chi connectivity index (χ3n) is 2.88. The third kappa shape index (κ3) is 3.77. The second kappa shape index (κ2) is 6.32. The van der Waals surface area contributed by atoms with Gasteiger partial charge in [0.05, 0.1) is 7.57 Å². The van der Waals surface area contributed by atoms with Gasteiger partial charge in [0, 0.05) is 6.54 Å². The molecule has 0 amide bonds. The number of nitrogens with one attached hydrogen (secondary N) is 2. The van der Waals surface area contributed by atoms with Gasteiger partial charge in [0.15, 0.2) is 0 Å². The van der Waals surface area contributed by atoms with E-state index in [4.69, 9.17) is 0 Å². The molecule has 1 unspecified atom stereocenters. The normalized spacial score (nSPS) is 21.1. The molecule has 2 heterocycles. The van der Waals surface area contributed by atoms with E-state index in [1.165, 1.54) is 11.3 Å². The predicted molar refractivity (Wildman–Crippen MR) is 80.5 cm³/mol. The van der Waals surface area contributed by atoms with Gasteiger partial charge in [-0.15, -0.1) is 11.3 Å². The molecule has 0 radical (unpaired) electrons. The van der Waals surface area contributed by atoms with Gasteiger partial charge in [-0.05, 0) is 69.8 Å². The average molecular weight is 418 g/mol. The number of thiophene rings is 1. The second-order valence-corrected chi connectivity index (χ2v) is 9.74. The topological polar surface area (TPSA) is 58.2 Å². The Morgan fingerprint density at radius 1 is 1.50 bits per heavy atom. The van der Waals surface area contributed by atoms with E-state index < -0.39 is 10.0 Å². The first-order valence-electron chi connectivity index (χ1n) is 5.64. The van der Waals surface area contributed by atoms with Crippen LogP contribution in [-0.2, 0) is 10.0 Å². The van der Waals surface area contributed by atoms with Gasteiger partial charge in [-0.25, -0.2) is 13.1 Å². The van der Waals surface area contributed by atoms with Crippen molar-refractivity contribution in [2.24, 2.45) is 5.92 Å². The van der Waals surface area contributed by atoms with Gasteiger partial charge in [0.2, 0.25) is 10.0 Å². The molecule has 2 N–H and O–H groups in total. The molecule has 102 valence electrons. The molecule has 4 nitrogen and oxygen atoms in total. The Morgan fingerprint density at radius 3 is 2.83 bits per heavy atom. The molecule has 0 aromatic carbocycles. The average Bonchev–Trinajstić information content (AvgIpc) is 2.68. The maximum atomic E-state index is 12.1. The fraction of sp³-hybridized carbons (Fsp3) is 0.600. The second-order valence-electron chi connectivity index (χ2n) is 4.25. The minimum Gasteiger partial charge on any atom is -0.316 e. The van der Waals surface area contributed by atoms with Gasteiger partial charge < -0.3 is 5.32 Å². The van der Waals surface area contributed by atoms with Crippen LogP contribution in [0, 0.1) is 5.92 Å². The molecule has 0 saturated carbocycles. The summed E-state index contributed by atoms with van der Waals surface area (Å²) in [5.41, 5.74) is 0. The van der Waals surface area contributed by atoms with Crippen LogP contribution in [0.25, 0.3) is 0 Å². The van der Waals surface area contributed by atoms with Crippen LogP contribution in [0.2, 0.25) is 0 Å². The number of hydrogen-bond donors (Lipinski definition) is 2. The highest BCUT2D eigenvalue weighted by Gasteiger charge is 2.22. The SMILES string of the molecule is O=S(=O)(NCC1CCCNC1)c1cc(Br)sc1Br. The molecule has 1 saturated heterocycles. The lowest BCUT2D eigenvalue weighted by Gasteiger charge is -2.22. The first-order chi connectivity index (χ1) is 8.49. The molecule has 1 aromatic rings. The molecule has 0 spiro atoms. The summed E-state index contributed by atoms with van der Waals surface area (Å²) in [5, 5.41) is 3.28. The van der Waals surface area contributed by atoms with E-state index in [9.17, 15) is 8.42 Å². The smallest absolute Gasteiger partial charge is 0.242 e. The van der Waals surface area contributed by atoms with E-state index in [-0.39, 0.29) is 0 Å². The number of sulfonamides is 1. The summed E-state index contributed by atoms with van der Waals surface area (Å²) in [4.78, 5) is 0.308. The number of hydrogen-bond acceptors (Lipinski definition) is 4. The fourth-order valence-corrected chi connectivity index (χ4v) is 6.84. The lowest BCUT2D eigenvalue weighted by Crippen LogP contribution is -2.38. The first kappa shape index (κ1) is 14.9. The van der Waals surface area contributed by atoms with E-state index in [0.717, 1.165) is 29.7 Å². The lowest BCUT2D eigenvalue weighted by molar-refractivity contribution is 0.376. The molecule has 1 aliphatic rings. The van der Waals surface area contributed by atoms with Crippen LogP contribution in [0.15, 0.2) is 18.5 Å². The molecular weight excluding hydrogens is 404 g/mol. The molecule has 1 aromatic heterocycles. The summed E-state index contributed by atoms with van der Waals surface area (Å²) in [5.74, 6) is 0.384. The molecule has 1 aliphatic heterocycles. The quantitative estimate of drug-likeness (QED) is 0.791. The summed E-state index contributed by atoms with van der Waals surface area (Å²) >= 11 is 7.92. The summed E-state index contributed by atoms with van der Waals surface area (Å²) < 4.78 is 28.4. The van der Waals surface area contributed by atoms with E-state index in [0.29, 0.717) is 21.1 Å². The first-order valence-corrected chi connectivity index (χ1v) is 9.53. The lowest BCUT2D eigenvalue weighted by atomic mass is 10.0. The molecule has 1 fully saturated rings. The zero-order valence-corrected chi connectivity index (χ0v) is 14.4. The van der Waals surface area contributed by atoms with Gasteiger partial charge in [-0.2, -0.15) is 0 Å². The van der Waals surface area contributed by atoms with Gasteiger partial charge in [-0.3, -0.25) is 0 Å². The Balaban J connectivity index is 2.01. The van der Waals surface area contributed by atoms with Crippen LogP contribution in [0.4, 0.5) is 0 Å². The molecule has 1 atom stereocenters. The Kier molecular flexibility index (Phi) is 5.24. The van der Waals surface area contributed by atoms with Crippen LogP contribution in [0.1, 0.15) is 12.8 Å². The molecule has 18 heavy (non-hydrogen) atoms. The van der Waals surface area contributed by atoms with E-state index >= 15 is 0 Å². The van der Waals surface area contributed by atoms with Crippen molar-refractivity contribution in [2.75, 3.05) is 19.6 Å². The van der Waals surface area contributed by atoms with Crippen molar-refractivity contribution in [3.05, 3.63) is 13.6 Å². The maximum absolute atomic E-state index is 12.1. The number of piperidine rings is 1. The van der Waals surface area contributed by atoms with E-state index in [1.54, 1.807) is 6.07 Å². The van der Waals surface area contributed by atoms with Crippen LogP contribution in [0.3, 0.4) is 0 Å². The van der Waals surface area contributed by atoms with Crippen molar-refractivity contribution in [1.29, 1.82) is 0 Å². The van der Waals surface area contributed by atoms with Crippen molar-refractivity contribution in [3.63, 3.8) is 0 Å². The standard InChI is InChI=1S/C10H14Br2N2O2S2/c11-9-4-8(10(12)17-9)18(15,16)14-6-7-2-1-3-13-5-7/h4,7,13-14H,1-3,5-6H2. The highest BCUT2D eigenvalue weighted by atomic mass is 79.9. The Morgan fingerprint density at radius 2 is 2.28 bits per heavy atom. The number of halogens is 2. The molecule has 8 heteroatoms. The minimum absolute atomic E-state index is 0.308. The summed E-state index contributed by atoms with van der Waals surface area (Å²) in [6.45, 7) is 2.42. The van der Waals surface area contributed by atoms with E-state index in [1.807, 2.05) is 0 Å². The van der Waals surface area contributed by atoms with Crippen molar-refractivity contribution >= 4 is 53.2 Å². The van der Waals surface area contributed by atoms with Gasteiger partial charge in [-0.1, -0.05) is 0 Å².